The molecule has 54 heavy (non-hydrogen) atoms. The number of carbonyl (C=O) groups excluding carboxylic acids is 5. The first kappa shape index (κ1) is 36.6. The van der Waals surface area contributed by atoms with Crippen LogP contribution in [0.4, 0.5) is 10.8 Å². The van der Waals surface area contributed by atoms with Crippen LogP contribution in [0.2, 0.25) is 0 Å². The highest BCUT2D eigenvalue weighted by molar-refractivity contribution is 8.00. The maximum absolute atomic E-state index is 13.4. The van der Waals surface area contributed by atoms with Crippen molar-refractivity contribution < 1.29 is 43.6 Å². The van der Waals surface area contributed by atoms with E-state index in [9.17, 15) is 34.2 Å². The molecular formula is C36H36N8O8S2. The monoisotopic (exact) mass is 772 g/mol. The number of fused-ring (bicyclic) bond motifs is 1. The standard InChI is InChI=1S/C36H36N8O8S2/c37-36-39-25(19-54-36)28(41-52-23-5-1-2-6-23)31(47)40-29-33(49)44-30(35(50)51)22(18-53-34(29)44)15-21-11-14-43(32(21)48)16-20-9-12-42(13-10-20)17-27(46)38-24-7-3-4-8-26(24)45/h3-4,7-10,12-13,15,19,23,29,34H,1-2,5-6,11,14,16-18H2,(H5-,37,38,39,40,41,45,46,47,50,51)/b21-15+/t29-,34-/m1/s1. The number of amides is 4. The van der Waals surface area contributed by atoms with Gasteiger partial charge in [0.1, 0.15) is 29.0 Å². The Labute approximate surface area is 317 Å². The number of thiazole rings is 1. The highest BCUT2D eigenvalue weighted by Crippen LogP contribution is 2.41. The number of aromatic hydroxyl groups is 1. The third kappa shape index (κ3) is 7.79. The normalized spacial score (nSPS) is 21.0. The average molecular weight is 773 g/mol. The van der Waals surface area contributed by atoms with Gasteiger partial charge < -0.3 is 41.1 Å². The summed E-state index contributed by atoms with van der Waals surface area (Å²) in [6.45, 7) is 0.709. The zero-order valence-corrected chi connectivity index (χ0v) is 30.4. The first-order valence-electron chi connectivity index (χ1n) is 17.3. The van der Waals surface area contributed by atoms with Gasteiger partial charge in [-0.15, -0.1) is 23.1 Å². The molecule has 3 aliphatic heterocycles. The Hall–Kier alpha value is -5.75. The van der Waals surface area contributed by atoms with Crippen LogP contribution in [0.5, 0.6) is 5.75 Å². The molecule has 3 aromatic rings. The van der Waals surface area contributed by atoms with Crippen molar-refractivity contribution in [1.29, 1.82) is 0 Å². The van der Waals surface area contributed by atoms with Gasteiger partial charge in [-0.1, -0.05) is 17.3 Å². The number of phenols is 1. The minimum absolute atomic E-state index is 0.0122. The van der Waals surface area contributed by atoms with Gasteiger partial charge in [-0.25, -0.2) is 4.98 Å². The number of thioether (sulfide) groups is 1. The number of para-hydroxylation sites is 2. The second kappa shape index (κ2) is 15.7. The predicted molar refractivity (Wildman–Crippen MR) is 195 cm³/mol. The van der Waals surface area contributed by atoms with Crippen LogP contribution in [-0.2, 0) is 41.9 Å². The van der Waals surface area contributed by atoms with E-state index in [1.807, 2.05) is 0 Å². The maximum atomic E-state index is 13.4. The van der Waals surface area contributed by atoms with Gasteiger partial charge in [0.25, 0.3) is 17.7 Å². The van der Waals surface area contributed by atoms with Gasteiger partial charge >= 0.3 is 0 Å². The Morgan fingerprint density at radius 3 is 2.61 bits per heavy atom. The smallest absolute Gasteiger partial charge is 0.290 e. The van der Waals surface area contributed by atoms with Crippen LogP contribution in [0, 0.1) is 0 Å². The van der Waals surface area contributed by atoms with E-state index >= 15 is 0 Å². The number of likely N-dealkylation sites (tertiary alicyclic amines) is 1. The lowest BCUT2D eigenvalue weighted by atomic mass is 10.0. The largest absolute Gasteiger partial charge is 0.543 e. The summed E-state index contributed by atoms with van der Waals surface area (Å²) in [5.74, 6) is -3.37. The van der Waals surface area contributed by atoms with Crippen molar-refractivity contribution in [1.82, 2.24) is 20.1 Å². The van der Waals surface area contributed by atoms with E-state index in [4.69, 9.17) is 10.6 Å². The van der Waals surface area contributed by atoms with E-state index in [1.165, 1.54) is 23.9 Å². The Morgan fingerprint density at radius 1 is 1.15 bits per heavy atom. The average Bonchev–Trinajstić information content (AvgIpc) is 3.91. The molecule has 5 heterocycles. The first-order valence-corrected chi connectivity index (χ1v) is 19.2. The van der Waals surface area contributed by atoms with Crippen molar-refractivity contribution in [3.63, 3.8) is 0 Å². The fraction of sp³-hybridized carbons (Fsp3) is 0.333. The Bertz CT molecular complexity index is 2090. The van der Waals surface area contributed by atoms with Gasteiger partial charge in [0.15, 0.2) is 23.2 Å². The summed E-state index contributed by atoms with van der Waals surface area (Å²) in [6.07, 6.45) is 8.82. The number of anilines is 2. The third-order valence-corrected chi connectivity index (χ3v) is 11.4. The lowest BCUT2D eigenvalue weighted by molar-refractivity contribution is -0.684. The summed E-state index contributed by atoms with van der Waals surface area (Å²) in [7, 11) is 0. The van der Waals surface area contributed by atoms with Crippen molar-refractivity contribution >= 4 is 69.2 Å². The van der Waals surface area contributed by atoms with Gasteiger partial charge in [0.05, 0.1) is 17.4 Å². The van der Waals surface area contributed by atoms with Crippen molar-refractivity contribution in [3.8, 4) is 5.75 Å². The molecule has 18 heteroatoms. The van der Waals surface area contributed by atoms with Crippen LogP contribution in [0.15, 0.2) is 82.2 Å². The zero-order valence-electron chi connectivity index (χ0n) is 28.8. The molecule has 2 aromatic heterocycles. The van der Waals surface area contributed by atoms with Gasteiger partial charge in [-0.05, 0) is 61.4 Å². The number of hydrogen-bond acceptors (Lipinski definition) is 13. The number of nitrogen functional groups attached to an aromatic ring is 1. The minimum atomic E-state index is -1.57. The fourth-order valence-electron chi connectivity index (χ4n) is 6.69. The van der Waals surface area contributed by atoms with E-state index in [2.05, 4.69) is 20.8 Å². The summed E-state index contributed by atoms with van der Waals surface area (Å²) >= 11 is 2.39. The number of carboxylic acids is 1. The van der Waals surface area contributed by atoms with E-state index in [-0.39, 0.29) is 63.8 Å². The van der Waals surface area contributed by atoms with E-state index in [0.717, 1.165) is 47.5 Å². The molecule has 5 N–H and O–H groups in total. The number of hydrogen-bond donors (Lipinski definition) is 4. The number of nitrogens with zero attached hydrogens (tertiary/aromatic N) is 5. The molecule has 0 spiro atoms. The van der Waals surface area contributed by atoms with Crippen LogP contribution in [0.1, 0.15) is 43.4 Å². The van der Waals surface area contributed by atoms with Crippen LogP contribution in [-0.4, -0.2) is 85.0 Å². The second-order valence-electron chi connectivity index (χ2n) is 13.1. The molecular weight excluding hydrogens is 737 g/mol. The summed E-state index contributed by atoms with van der Waals surface area (Å²) < 4.78 is 1.67. The van der Waals surface area contributed by atoms with Crippen LogP contribution < -0.4 is 26.0 Å². The molecule has 2 saturated heterocycles. The number of benzene rings is 1. The van der Waals surface area contributed by atoms with Crippen LogP contribution >= 0.6 is 23.1 Å². The molecule has 0 bridgehead atoms. The number of allylic oxidation sites excluding steroid dienone is 1. The Morgan fingerprint density at radius 2 is 1.91 bits per heavy atom. The highest BCUT2D eigenvalue weighted by Gasteiger charge is 2.53. The number of nitrogens with two attached hydrogens (primary N) is 1. The van der Waals surface area contributed by atoms with Crippen molar-refractivity contribution in [3.05, 3.63) is 88.3 Å². The first-order chi connectivity index (χ1) is 26.0. The SMILES string of the molecule is Nc1nc(/C(=N/OC2CCCC2)C(=O)N[C@@H]2C(=O)N3C(C(=O)[O-])=C(/C=C4\CCN(Cc5cc[n+](CC(=O)Nc6ccccc6O)cc5)C4=O)CS[C@H]23)cs1. The minimum Gasteiger partial charge on any atom is -0.543 e. The molecule has 2 atom stereocenters. The molecule has 1 aliphatic carbocycles. The quantitative estimate of drug-likeness (QED) is 0.0503. The highest BCUT2D eigenvalue weighted by atomic mass is 32.2. The van der Waals surface area contributed by atoms with E-state index in [1.54, 1.807) is 57.6 Å². The van der Waals surface area contributed by atoms with Crippen molar-refractivity contribution in [2.75, 3.05) is 23.3 Å². The number of β-lactam (4-membered cyclic amide) rings is 1. The number of pyridine rings is 1. The summed E-state index contributed by atoms with van der Waals surface area (Å²) in [5.41, 5.74) is 7.34. The molecule has 7 rings (SSSR count). The van der Waals surface area contributed by atoms with Crippen LogP contribution in [0.3, 0.4) is 0 Å². The number of nitrogens with one attached hydrogen (secondary N) is 2. The number of phenolic OH excluding ortho intramolecular Hbond substituents is 1. The number of aromatic nitrogens is 2. The summed E-state index contributed by atoms with van der Waals surface area (Å²) in [6, 6.07) is 8.99. The van der Waals surface area contributed by atoms with Gasteiger partial charge in [0.2, 0.25) is 12.5 Å². The summed E-state index contributed by atoms with van der Waals surface area (Å²) in [4.78, 5) is 77.6. The summed E-state index contributed by atoms with van der Waals surface area (Å²) in [5, 5.41) is 32.8. The topological polar surface area (TPSA) is 224 Å². The molecule has 1 saturated carbocycles. The molecule has 1 aromatic carbocycles. The predicted octanol–water partition coefficient (Wildman–Crippen LogP) is 0.783. The van der Waals surface area contributed by atoms with Gasteiger partial charge in [0, 0.05) is 41.9 Å². The zero-order chi connectivity index (χ0) is 37.9. The van der Waals surface area contributed by atoms with Gasteiger partial charge in [-0.2, -0.15) is 4.57 Å². The number of rotatable bonds is 12. The maximum Gasteiger partial charge on any atom is 0.290 e. The number of carbonyl (C=O) groups is 5. The molecule has 4 aliphatic rings. The van der Waals surface area contributed by atoms with E-state index in [0.29, 0.717) is 30.8 Å². The fourth-order valence-corrected chi connectivity index (χ4v) is 8.54. The molecule has 280 valence electrons. The molecule has 0 radical (unpaired) electrons. The number of carboxylic acid groups (broad SMARTS) is 1. The third-order valence-electron chi connectivity index (χ3n) is 9.45. The lowest BCUT2D eigenvalue weighted by Gasteiger charge is -2.50. The van der Waals surface area contributed by atoms with Crippen LogP contribution in [0.25, 0.3) is 0 Å². The number of aliphatic carboxylic acids is 1. The molecule has 0 unspecified atom stereocenters. The second-order valence-corrected chi connectivity index (χ2v) is 15.1. The van der Waals surface area contributed by atoms with Crippen molar-refractivity contribution in [2.24, 2.45) is 5.16 Å². The van der Waals surface area contributed by atoms with Crippen molar-refractivity contribution in [2.45, 2.75) is 62.7 Å². The lowest BCUT2D eigenvalue weighted by Crippen LogP contribution is -2.71. The van der Waals surface area contributed by atoms with Gasteiger partial charge in [-0.3, -0.25) is 24.1 Å². The Balaban J connectivity index is 0.984. The molecule has 3 fully saturated rings. The molecule has 16 nitrogen and oxygen atoms in total. The molecule has 4 amide bonds. The number of oxime groups is 1. The van der Waals surface area contributed by atoms with E-state index < -0.39 is 29.2 Å². The Kier molecular flexibility index (Phi) is 10.6.